The first-order valence-corrected chi connectivity index (χ1v) is 6.12. The largest absolute Gasteiger partial charge is 0.303 e. The maximum absolute atomic E-state index is 2.62. The Hall–Kier alpha value is -0.0400. The van der Waals surface area contributed by atoms with Gasteiger partial charge in [-0.25, -0.2) is 0 Å². The molecule has 1 heteroatoms. The molecule has 76 valence electrons. The molecule has 0 aromatic carbocycles. The maximum Gasteiger partial charge on any atom is 0.00127 e. The van der Waals surface area contributed by atoms with Crippen LogP contribution in [0, 0.1) is 11.8 Å². The minimum Gasteiger partial charge on any atom is -0.303 e. The maximum atomic E-state index is 2.62. The Morgan fingerprint density at radius 3 is 2.38 bits per heavy atom. The van der Waals surface area contributed by atoms with E-state index < -0.39 is 0 Å². The summed E-state index contributed by atoms with van der Waals surface area (Å²) < 4.78 is 0. The zero-order chi connectivity index (χ0) is 9.10. The topological polar surface area (TPSA) is 3.24 Å². The monoisotopic (exact) mass is 181 g/mol. The summed E-state index contributed by atoms with van der Waals surface area (Å²) in [6.45, 7) is 6.34. The molecule has 1 unspecified atom stereocenters. The first kappa shape index (κ1) is 9.51. The lowest BCUT2D eigenvalue weighted by atomic mass is 9.80. The van der Waals surface area contributed by atoms with E-state index in [0.29, 0.717) is 0 Å². The van der Waals surface area contributed by atoms with E-state index in [1.807, 2.05) is 0 Å². The zero-order valence-corrected chi connectivity index (χ0v) is 8.97. The van der Waals surface area contributed by atoms with Gasteiger partial charge in [0.25, 0.3) is 0 Å². The molecule has 0 aromatic heterocycles. The summed E-state index contributed by atoms with van der Waals surface area (Å²) in [5.41, 5.74) is 0. The molecular weight excluding hydrogens is 158 g/mol. The van der Waals surface area contributed by atoms with Crippen molar-refractivity contribution in [3.05, 3.63) is 0 Å². The molecule has 1 saturated carbocycles. The van der Waals surface area contributed by atoms with Crippen molar-refractivity contribution in [1.82, 2.24) is 4.90 Å². The molecule has 0 aromatic rings. The lowest BCUT2D eigenvalue weighted by Gasteiger charge is -2.27. The van der Waals surface area contributed by atoms with Crippen LogP contribution in [-0.2, 0) is 0 Å². The predicted molar refractivity (Wildman–Crippen MR) is 56.8 cm³/mol. The van der Waals surface area contributed by atoms with Gasteiger partial charge in [0.15, 0.2) is 0 Å². The first-order chi connectivity index (χ1) is 6.40. The van der Waals surface area contributed by atoms with Gasteiger partial charge in [0, 0.05) is 6.54 Å². The molecule has 1 heterocycles. The first-order valence-electron chi connectivity index (χ1n) is 6.12. The van der Waals surface area contributed by atoms with Gasteiger partial charge >= 0.3 is 0 Å². The molecule has 1 atom stereocenters. The second-order valence-electron chi connectivity index (χ2n) is 4.84. The summed E-state index contributed by atoms with van der Waals surface area (Å²) in [6, 6.07) is 0. The molecule has 0 bridgehead atoms. The van der Waals surface area contributed by atoms with Crippen LogP contribution in [0.3, 0.4) is 0 Å². The highest BCUT2D eigenvalue weighted by Crippen LogP contribution is 2.34. The Bertz CT molecular complexity index is 149. The van der Waals surface area contributed by atoms with E-state index in [9.17, 15) is 0 Å². The van der Waals surface area contributed by atoms with Gasteiger partial charge < -0.3 is 4.90 Å². The van der Waals surface area contributed by atoms with Crippen LogP contribution in [-0.4, -0.2) is 24.5 Å². The summed E-state index contributed by atoms with van der Waals surface area (Å²) in [4.78, 5) is 2.62. The average Bonchev–Trinajstić information content (AvgIpc) is 2.67. The van der Waals surface area contributed by atoms with Crippen LogP contribution in [0.2, 0.25) is 0 Å². The Balaban J connectivity index is 1.80. The minimum atomic E-state index is 1.06. The fourth-order valence-electron chi connectivity index (χ4n) is 3.14. The number of nitrogens with zero attached hydrogens (tertiary/aromatic N) is 1. The molecule has 0 radical (unpaired) electrons. The highest BCUT2D eigenvalue weighted by Gasteiger charge is 2.29. The third-order valence-corrected chi connectivity index (χ3v) is 4.07. The van der Waals surface area contributed by atoms with Crippen molar-refractivity contribution in [2.45, 2.75) is 45.4 Å². The van der Waals surface area contributed by atoms with Crippen molar-refractivity contribution in [3.8, 4) is 0 Å². The minimum absolute atomic E-state index is 1.06. The van der Waals surface area contributed by atoms with Crippen LogP contribution in [0.5, 0.6) is 0 Å². The highest BCUT2D eigenvalue weighted by molar-refractivity contribution is 4.82. The Labute approximate surface area is 82.5 Å². The molecule has 1 saturated heterocycles. The van der Waals surface area contributed by atoms with E-state index in [4.69, 9.17) is 0 Å². The summed E-state index contributed by atoms with van der Waals surface area (Å²) in [7, 11) is 0. The van der Waals surface area contributed by atoms with Gasteiger partial charge in [-0.1, -0.05) is 39.0 Å². The van der Waals surface area contributed by atoms with Crippen LogP contribution in [0.1, 0.15) is 45.4 Å². The predicted octanol–water partition coefficient (Wildman–Crippen LogP) is 2.91. The third-order valence-electron chi connectivity index (χ3n) is 4.07. The van der Waals surface area contributed by atoms with E-state index in [1.54, 1.807) is 0 Å². The molecule has 2 rings (SSSR count). The molecule has 0 amide bonds. The smallest absolute Gasteiger partial charge is 0.00127 e. The molecule has 0 spiro atoms. The van der Waals surface area contributed by atoms with Gasteiger partial charge in [0.1, 0.15) is 0 Å². The summed E-state index contributed by atoms with van der Waals surface area (Å²) in [5.74, 6) is 2.14. The van der Waals surface area contributed by atoms with E-state index >= 15 is 0 Å². The SMILES string of the molecule is CCN1CCC(C2CCCCC2)C1. The number of likely N-dealkylation sites (tertiary alicyclic amines) is 1. The van der Waals surface area contributed by atoms with Gasteiger partial charge in [0.05, 0.1) is 0 Å². The van der Waals surface area contributed by atoms with Crippen molar-refractivity contribution in [2.24, 2.45) is 11.8 Å². The van der Waals surface area contributed by atoms with E-state index in [-0.39, 0.29) is 0 Å². The Morgan fingerprint density at radius 1 is 1.00 bits per heavy atom. The molecule has 2 fully saturated rings. The summed E-state index contributed by atoms with van der Waals surface area (Å²) >= 11 is 0. The molecule has 1 nitrogen and oxygen atoms in total. The molecule has 1 aliphatic carbocycles. The van der Waals surface area contributed by atoms with E-state index in [1.165, 1.54) is 58.2 Å². The second kappa shape index (κ2) is 4.45. The van der Waals surface area contributed by atoms with Crippen molar-refractivity contribution >= 4 is 0 Å². The van der Waals surface area contributed by atoms with Gasteiger partial charge in [-0.15, -0.1) is 0 Å². The van der Waals surface area contributed by atoms with E-state index in [0.717, 1.165) is 11.8 Å². The summed E-state index contributed by atoms with van der Waals surface area (Å²) in [6.07, 6.45) is 9.06. The molecule has 13 heavy (non-hydrogen) atoms. The normalized spacial score (nSPS) is 32.5. The second-order valence-corrected chi connectivity index (χ2v) is 4.84. The molecular formula is C12H23N. The fraction of sp³-hybridized carbons (Fsp3) is 1.00. The van der Waals surface area contributed by atoms with Gasteiger partial charge in [-0.05, 0) is 31.3 Å². The van der Waals surface area contributed by atoms with Crippen molar-refractivity contribution in [1.29, 1.82) is 0 Å². The fourth-order valence-corrected chi connectivity index (χ4v) is 3.14. The number of hydrogen-bond donors (Lipinski definition) is 0. The lowest BCUT2D eigenvalue weighted by molar-refractivity contribution is 0.240. The number of hydrogen-bond acceptors (Lipinski definition) is 1. The Kier molecular flexibility index (Phi) is 3.26. The number of rotatable bonds is 2. The average molecular weight is 181 g/mol. The van der Waals surface area contributed by atoms with Crippen LogP contribution in [0.25, 0.3) is 0 Å². The van der Waals surface area contributed by atoms with Crippen LogP contribution < -0.4 is 0 Å². The lowest BCUT2D eigenvalue weighted by Crippen LogP contribution is -2.24. The van der Waals surface area contributed by atoms with Crippen LogP contribution in [0.15, 0.2) is 0 Å². The van der Waals surface area contributed by atoms with E-state index in [2.05, 4.69) is 11.8 Å². The standard InChI is InChI=1S/C12H23N/c1-2-13-9-8-12(10-13)11-6-4-3-5-7-11/h11-12H,2-10H2,1H3. The third kappa shape index (κ3) is 2.25. The van der Waals surface area contributed by atoms with Gasteiger partial charge in [0.2, 0.25) is 0 Å². The molecule has 1 aliphatic heterocycles. The van der Waals surface area contributed by atoms with Crippen LogP contribution >= 0.6 is 0 Å². The van der Waals surface area contributed by atoms with Gasteiger partial charge in [-0.2, -0.15) is 0 Å². The summed E-state index contributed by atoms with van der Waals surface area (Å²) in [5, 5.41) is 0. The van der Waals surface area contributed by atoms with Crippen molar-refractivity contribution in [2.75, 3.05) is 19.6 Å². The Morgan fingerprint density at radius 2 is 1.77 bits per heavy atom. The highest BCUT2D eigenvalue weighted by atomic mass is 15.1. The van der Waals surface area contributed by atoms with Gasteiger partial charge in [-0.3, -0.25) is 0 Å². The van der Waals surface area contributed by atoms with Crippen molar-refractivity contribution < 1.29 is 0 Å². The van der Waals surface area contributed by atoms with Crippen molar-refractivity contribution in [3.63, 3.8) is 0 Å². The molecule has 0 N–H and O–H groups in total. The zero-order valence-electron chi connectivity index (χ0n) is 8.97. The quantitative estimate of drug-likeness (QED) is 0.633. The molecule has 2 aliphatic rings. The van der Waals surface area contributed by atoms with Crippen LogP contribution in [0.4, 0.5) is 0 Å².